The van der Waals surface area contributed by atoms with Crippen molar-refractivity contribution in [2.75, 3.05) is 11.1 Å². The number of benzene rings is 1. The van der Waals surface area contributed by atoms with Crippen LogP contribution < -0.4 is 10.9 Å². The normalized spacial score (nSPS) is 13.5. The summed E-state index contributed by atoms with van der Waals surface area (Å²) in [6, 6.07) is 5.26. The largest absolute Gasteiger partial charge is 0.325 e. The molecule has 0 aliphatic heterocycles. The molecule has 0 atom stereocenters. The maximum Gasteiger partial charge on any atom is 0.263 e. The van der Waals surface area contributed by atoms with E-state index in [1.165, 1.54) is 28.6 Å². The minimum atomic E-state index is -0.170. The van der Waals surface area contributed by atoms with Crippen molar-refractivity contribution in [3.05, 3.63) is 48.5 Å². The van der Waals surface area contributed by atoms with Gasteiger partial charge in [-0.15, -0.1) is 11.3 Å². The van der Waals surface area contributed by atoms with E-state index >= 15 is 0 Å². The number of thiophene rings is 1. The Bertz CT molecular complexity index is 1160. The van der Waals surface area contributed by atoms with Crippen molar-refractivity contribution in [1.29, 1.82) is 0 Å². The van der Waals surface area contributed by atoms with Crippen molar-refractivity contribution in [1.82, 2.24) is 9.55 Å². The number of halogens is 2. The Labute approximate surface area is 190 Å². The summed E-state index contributed by atoms with van der Waals surface area (Å²) < 4.78 is 2.45. The van der Waals surface area contributed by atoms with Crippen molar-refractivity contribution < 1.29 is 4.79 Å². The van der Waals surface area contributed by atoms with Crippen LogP contribution in [-0.4, -0.2) is 21.2 Å². The Kier molecular flexibility index (Phi) is 6.34. The third-order valence-corrected chi connectivity index (χ3v) is 8.29. The number of rotatable bonds is 5. The summed E-state index contributed by atoms with van der Waals surface area (Å²) in [6.07, 6.45) is 4.29. The van der Waals surface area contributed by atoms with E-state index in [1.807, 2.05) is 6.92 Å². The minimum Gasteiger partial charge on any atom is -0.325 e. The van der Waals surface area contributed by atoms with Gasteiger partial charge < -0.3 is 5.32 Å². The molecule has 2 heterocycles. The van der Waals surface area contributed by atoms with E-state index in [0.717, 1.165) is 34.0 Å². The number of hydrogen-bond acceptors (Lipinski definition) is 5. The van der Waals surface area contributed by atoms with E-state index in [9.17, 15) is 9.59 Å². The Morgan fingerprint density at radius 2 is 2.17 bits per heavy atom. The first-order valence-corrected chi connectivity index (χ1v) is 12.4. The molecular formula is C20H19BrClN3O2S2. The summed E-state index contributed by atoms with van der Waals surface area (Å²) in [5.41, 5.74) is 1.84. The predicted octanol–water partition coefficient (Wildman–Crippen LogP) is 5.50. The Morgan fingerprint density at radius 1 is 1.38 bits per heavy atom. The second-order valence-corrected chi connectivity index (χ2v) is 10.1. The Balaban J connectivity index is 1.56. The summed E-state index contributed by atoms with van der Waals surface area (Å²) in [6.45, 7) is 2.46. The van der Waals surface area contributed by atoms with Crippen molar-refractivity contribution in [2.24, 2.45) is 0 Å². The van der Waals surface area contributed by atoms with Gasteiger partial charge in [-0.25, -0.2) is 4.98 Å². The highest BCUT2D eigenvalue weighted by atomic mass is 79.9. The number of carbonyl (C=O) groups is 1. The van der Waals surface area contributed by atoms with E-state index in [0.29, 0.717) is 22.4 Å². The lowest BCUT2D eigenvalue weighted by Crippen LogP contribution is -2.24. The zero-order valence-corrected chi connectivity index (χ0v) is 19.7. The van der Waals surface area contributed by atoms with Gasteiger partial charge in [-0.1, -0.05) is 23.4 Å². The van der Waals surface area contributed by atoms with E-state index < -0.39 is 0 Å². The van der Waals surface area contributed by atoms with Crippen LogP contribution in [-0.2, 0) is 24.2 Å². The van der Waals surface area contributed by atoms with E-state index in [-0.39, 0.29) is 17.2 Å². The van der Waals surface area contributed by atoms with Gasteiger partial charge >= 0.3 is 0 Å². The zero-order valence-electron chi connectivity index (χ0n) is 15.8. The van der Waals surface area contributed by atoms with E-state index in [1.54, 1.807) is 34.1 Å². The van der Waals surface area contributed by atoms with Gasteiger partial charge in [0.2, 0.25) is 5.91 Å². The molecule has 152 valence electrons. The van der Waals surface area contributed by atoms with Crippen LogP contribution in [0.1, 0.15) is 30.2 Å². The summed E-state index contributed by atoms with van der Waals surface area (Å²) in [5.74, 6) is -0.00709. The molecular weight excluding hydrogens is 494 g/mol. The summed E-state index contributed by atoms with van der Waals surface area (Å²) in [4.78, 5) is 32.4. The third kappa shape index (κ3) is 4.26. The van der Waals surface area contributed by atoms with Crippen molar-refractivity contribution >= 4 is 72.4 Å². The number of amides is 1. The van der Waals surface area contributed by atoms with Crippen LogP contribution in [0.25, 0.3) is 10.2 Å². The van der Waals surface area contributed by atoms with E-state index in [4.69, 9.17) is 16.6 Å². The van der Waals surface area contributed by atoms with Crippen LogP contribution in [0.5, 0.6) is 0 Å². The minimum absolute atomic E-state index is 0.0134. The molecule has 0 bridgehead atoms. The number of anilines is 1. The van der Waals surface area contributed by atoms with Crippen LogP contribution in [0.3, 0.4) is 0 Å². The monoisotopic (exact) mass is 511 g/mol. The van der Waals surface area contributed by atoms with Crippen molar-refractivity contribution in [2.45, 2.75) is 44.3 Å². The second kappa shape index (κ2) is 8.79. The number of aryl methyl sites for hydroxylation is 2. The molecule has 0 fully saturated rings. The van der Waals surface area contributed by atoms with Crippen LogP contribution in [0.15, 0.2) is 32.6 Å². The molecule has 1 aromatic carbocycles. The van der Waals surface area contributed by atoms with Crippen LogP contribution in [0.4, 0.5) is 5.69 Å². The predicted molar refractivity (Wildman–Crippen MR) is 125 cm³/mol. The summed E-state index contributed by atoms with van der Waals surface area (Å²) >= 11 is 12.3. The standard InChI is InChI=1S/C20H19BrClN3O2S2/c1-2-25-19(27)17-12-5-3-4-6-15(12)29-18(17)24-20(25)28-10-16(26)23-11-7-8-13(21)14(22)9-11/h7-9H,2-6,10H2,1H3,(H,23,26). The van der Waals surface area contributed by atoms with Crippen molar-refractivity contribution in [3.8, 4) is 0 Å². The fourth-order valence-corrected chi connectivity index (χ4v) is 6.10. The molecule has 29 heavy (non-hydrogen) atoms. The molecule has 0 radical (unpaired) electrons. The molecule has 1 amide bonds. The molecule has 0 saturated heterocycles. The summed E-state index contributed by atoms with van der Waals surface area (Å²) in [7, 11) is 0. The van der Waals surface area contributed by atoms with Gasteiger partial charge in [0, 0.05) is 21.6 Å². The second-order valence-electron chi connectivity index (χ2n) is 6.80. The van der Waals surface area contributed by atoms with Gasteiger partial charge in [0.05, 0.1) is 16.2 Å². The van der Waals surface area contributed by atoms with Gasteiger partial charge in [0.1, 0.15) is 4.83 Å². The lowest BCUT2D eigenvalue weighted by atomic mass is 9.97. The SMILES string of the molecule is CCn1c(SCC(=O)Nc2ccc(Br)c(Cl)c2)nc2sc3c(c2c1=O)CCCC3. The number of aromatic nitrogens is 2. The number of thioether (sulfide) groups is 1. The molecule has 1 N–H and O–H groups in total. The number of nitrogens with one attached hydrogen (secondary N) is 1. The fraction of sp³-hybridized carbons (Fsp3) is 0.350. The summed E-state index contributed by atoms with van der Waals surface area (Å²) in [5, 5.41) is 4.74. The lowest BCUT2D eigenvalue weighted by Gasteiger charge is -2.12. The Morgan fingerprint density at radius 3 is 2.93 bits per heavy atom. The third-order valence-electron chi connectivity index (χ3n) is 4.89. The van der Waals surface area contributed by atoms with Crippen LogP contribution in [0, 0.1) is 0 Å². The van der Waals surface area contributed by atoms with Gasteiger partial charge in [-0.3, -0.25) is 14.2 Å². The quantitative estimate of drug-likeness (QED) is 0.362. The highest BCUT2D eigenvalue weighted by Gasteiger charge is 2.22. The van der Waals surface area contributed by atoms with Gasteiger partial charge in [-0.05, 0) is 72.3 Å². The lowest BCUT2D eigenvalue weighted by molar-refractivity contribution is -0.113. The topological polar surface area (TPSA) is 64.0 Å². The fourth-order valence-electron chi connectivity index (χ4n) is 3.51. The zero-order chi connectivity index (χ0) is 20.5. The van der Waals surface area contributed by atoms with Gasteiger partial charge in [-0.2, -0.15) is 0 Å². The molecule has 0 unspecified atom stereocenters. The molecule has 1 aliphatic carbocycles. The molecule has 0 saturated carbocycles. The van der Waals surface area contributed by atoms with Gasteiger partial charge in [0.25, 0.3) is 5.56 Å². The number of nitrogens with zero attached hydrogens (tertiary/aromatic N) is 2. The first-order valence-electron chi connectivity index (χ1n) is 9.40. The Hall–Kier alpha value is -1.35. The smallest absolute Gasteiger partial charge is 0.263 e. The average molecular weight is 513 g/mol. The average Bonchev–Trinajstić information content (AvgIpc) is 3.08. The number of hydrogen-bond donors (Lipinski definition) is 1. The molecule has 0 spiro atoms. The maximum absolute atomic E-state index is 13.1. The number of fused-ring (bicyclic) bond motifs is 3. The van der Waals surface area contributed by atoms with Gasteiger partial charge in [0.15, 0.2) is 5.16 Å². The number of carbonyl (C=O) groups excluding carboxylic acids is 1. The first kappa shape index (κ1) is 20.9. The first-order chi connectivity index (χ1) is 14.0. The molecule has 2 aromatic heterocycles. The van der Waals surface area contributed by atoms with E-state index in [2.05, 4.69) is 21.2 Å². The molecule has 5 nitrogen and oxygen atoms in total. The highest BCUT2D eigenvalue weighted by Crippen LogP contribution is 2.34. The molecule has 1 aliphatic rings. The molecule has 4 rings (SSSR count). The molecule has 9 heteroatoms. The van der Waals surface area contributed by atoms with Crippen molar-refractivity contribution in [3.63, 3.8) is 0 Å². The maximum atomic E-state index is 13.1. The van der Waals surface area contributed by atoms with Crippen LogP contribution >= 0.6 is 50.6 Å². The molecule has 3 aromatic rings. The highest BCUT2D eigenvalue weighted by molar-refractivity contribution is 9.10. The van der Waals surface area contributed by atoms with Crippen LogP contribution in [0.2, 0.25) is 5.02 Å².